The van der Waals surface area contributed by atoms with E-state index in [4.69, 9.17) is 11.6 Å². The summed E-state index contributed by atoms with van der Waals surface area (Å²) < 4.78 is 0. The Morgan fingerprint density at radius 3 is 3.00 bits per heavy atom. The van der Waals surface area contributed by atoms with Crippen LogP contribution in [-0.4, -0.2) is 4.98 Å². The number of aromatic nitrogens is 1. The van der Waals surface area contributed by atoms with Gasteiger partial charge in [-0.2, -0.15) is 0 Å². The molecule has 1 aromatic heterocycles. The molecule has 16 heavy (non-hydrogen) atoms. The number of benzene rings is 1. The molecule has 0 aliphatic rings. The predicted octanol–water partition coefficient (Wildman–Crippen LogP) is 5.02. The van der Waals surface area contributed by atoms with Gasteiger partial charge in [0.25, 0.3) is 0 Å². The fourth-order valence-corrected chi connectivity index (χ4v) is 1.92. The molecule has 1 aromatic carbocycles. The van der Waals surface area contributed by atoms with Gasteiger partial charge in [-0.05, 0) is 30.7 Å². The van der Waals surface area contributed by atoms with E-state index in [9.17, 15) is 0 Å². The molecule has 1 nitrogen and oxygen atoms in total. The summed E-state index contributed by atoms with van der Waals surface area (Å²) >= 11 is 5.94. The molecule has 2 heteroatoms. The molecule has 2 rings (SSSR count). The van der Waals surface area contributed by atoms with E-state index in [1.54, 1.807) is 0 Å². The fraction of sp³-hybridized carbons (Fsp3) is 0.286. The maximum atomic E-state index is 5.94. The highest BCUT2D eigenvalue weighted by atomic mass is 35.5. The quantitative estimate of drug-likeness (QED) is 0.714. The minimum atomic E-state index is 0.774. The number of H-pyrrole nitrogens is 1. The molecule has 0 fully saturated rings. The van der Waals surface area contributed by atoms with Crippen molar-refractivity contribution in [2.75, 3.05) is 0 Å². The third-order valence-electron chi connectivity index (χ3n) is 2.63. The minimum Gasteiger partial charge on any atom is -0.355 e. The number of allylic oxidation sites excluding steroid dienone is 1. The van der Waals surface area contributed by atoms with Crippen LogP contribution >= 0.6 is 11.6 Å². The molecule has 0 aliphatic heterocycles. The smallest absolute Gasteiger partial charge is 0.0473 e. The lowest BCUT2D eigenvalue weighted by atomic mass is 10.2. The Bertz CT molecular complexity index is 496. The molecule has 0 atom stereocenters. The summed E-state index contributed by atoms with van der Waals surface area (Å²) in [7, 11) is 0. The fourth-order valence-electron chi connectivity index (χ4n) is 1.74. The summed E-state index contributed by atoms with van der Waals surface area (Å²) in [6, 6.07) is 8.06. The normalized spacial score (nSPS) is 11.6. The van der Waals surface area contributed by atoms with Crippen LogP contribution in [0.5, 0.6) is 0 Å². The second kappa shape index (κ2) is 5.22. The van der Waals surface area contributed by atoms with E-state index in [0.29, 0.717) is 0 Å². The monoisotopic (exact) mass is 233 g/mol. The van der Waals surface area contributed by atoms with Gasteiger partial charge in [-0.25, -0.2) is 0 Å². The second-order valence-electron chi connectivity index (χ2n) is 4.00. The number of aromatic amines is 1. The molecule has 0 spiro atoms. The Morgan fingerprint density at radius 2 is 2.19 bits per heavy atom. The van der Waals surface area contributed by atoms with Crippen molar-refractivity contribution in [2.45, 2.75) is 26.2 Å². The Balaban J connectivity index is 2.16. The highest BCUT2D eigenvalue weighted by Crippen LogP contribution is 2.20. The maximum absolute atomic E-state index is 5.94. The third kappa shape index (κ3) is 2.67. The number of hydrogen-bond donors (Lipinski definition) is 1. The average molecular weight is 234 g/mol. The van der Waals surface area contributed by atoms with Crippen LogP contribution in [0.1, 0.15) is 31.9 Å². The van der Waals surface area contributed by atoms with Crippen molar-refractivity contribution in [3.63, 3.8) is 0 Å². The molecule has 0 unspecified atom stereocenters. The van der Waals surface area contributed by atoms with E-state index in [1.807, 2.05) is 18.2 Å². The molecule has 0 radical (unpaired) electrons. The van der Waals surface area contributed by atoms with Gasteiger partial charge >= 0.3 is 0 Å². The number of fused-ring (bicyclic) bond motifs is 1. The lowest BCUT2D eigenvalue weighted by Gasteiger charge is -1.89. The molecule has 1 N–H and O–H groups in total. The van der Waals surface area contributed by atoms with E-state index >= 15 is 0 Å². The van der Waals surface area contributed by atoms with Crippen LogP contribution in [0.3, 0.4) is 0 Å². The Morgan fingerprint density at radius 1 is 1.31 bits per heavy atom. The molecule has 0 saturated heterocycles. The standard InChI is InChI=1S/C14H16ClN/c1-2-3-4-5-6-13-9-11-7-8-12(15)10-14(11)16-13/h5-10,16H,2-4H2,1H3/b6-5+. The molecular formula is C14H16ClN. The summed E-state index contributed by atoms with van der Waals surface area (Å²) in [5.74, 6) is 0. The topological polar surface area (TPSA) is 15.8 Å². The van der Waals surface area contributed by atoms with E-state index in [0.717, 1.165) is 22.7 Å². The first kappa shape index (κ1) is 11.3. The first-order valence-corrected chi connectivity index (χ1v) is 6.12. The zero-order valence-electron chi connectivity index (χ0n) is 9.46. The van der Waals surface area contributed by atoms with Crippen LogP contribution in [0.15, 0.2) is 30.3 Å². The Labute approximate surface area is 101 Å². The maximum Gasteiger partial charge on any atom is 0.0473 e. The largest absolute Gasteiger partial charge is 0.355 e. The molecule has 1 heterocycles. The van der Waals surface area contributed by atoms with Crippen LogP contribution in [0.4, 0.5) is 0 Å². The van der Waals surface area contributed by atoms with Crippen molar-refractivity contribution in [3.05, 3.63) is 41.1 Å². The molecule has 0 amide bonds. The van der Waals surface area contributed by atoms with Crippen molar-refractivity contribution < 1.29 is 0 Å². The molecule has 84 valence electrons. The van der Waals surface area contributed by atoms with Crippen molar-refractivity contribution in [3.8, 4) is 0 Å². The van der Waals surface area contributed by atoms with Crippen LogP contribution < -0.4 is 0 Å². The van der Waals surface area contributed by atoms with Gasteiger partial charge in [0.15, 0.2) is 0 Å². The summed E-state index contributed by atoms with van der Waals surface area (Å²) in [6.07, 6.45) is 8.00. The van der Waals surface area contributed by atoms with Crippen LogP contribution in [-0.2, 0) is 0 Å². The molecule has 2 aromatic rings. The molecule has 0 aliphatic carbocycles. The van der Waals surface area contributed by atoms with Crippen LogP contribution in [0.2, 0.25) is 5.02 Å². The number of unbranched alkanes of at least 4 members (excludes halogenated alkanes) is 2. The predicted molar refractivity (Wildman–Crippen MR) is 71.9 cm³/mol. The first-order chi connectivity index (χ1) is 7.79. The Kier molecular flexibility index (Phi) is 3.68. The lowest BCUT2D eigenvalue weighted by molar-refractivity contribution is 0.816. The highest BCUT2D eigenvalue weighted by Gasteiger charge is 1.98. The van der Waals surface area contributed by atoms with Crippen molar-refractivity contribution in [1.82, 2.24) is 4.98 Å². The van der Waals surface area contributed by atoms with Gasteiger partial charge in [-0.1, -0.05) is 43.5 Å². The van der Waals surface area contributed by atoms with Gasteiger partial charge in [-0.15, -0.1) is 0 Å². The first-order valence-electron chi connectivity index (χ1n) is 5.74. The number of hydrogen-bond acceptors (Lipinski definition) is 0. The van der Waals surface area contributed by atoms with Gasteiger partial charge in [0.1, 0.15) is 0 Å². The van der Waals surface area contributed by atoms with Crippen molar-refractivity contribution in [2.24, 2.45) is 0 Å². The number of halogens is 1. The molecular weight excluding hydrogens is 218 g/mol. The summed E-state index contributed by atoms with van der Waals surface area (Å²) in [5.41, 5.74) is 2.25. The van der Waals surface area contributed by atoms with Crippen LogP contribution in [0.25, 0.3) is 17.0 Å². The third-order valence-corrected chi connectivity index (χ3v) is 2.86. The zero-order valence-corrected chi connectivity index (χ0v) is 10.2. The van der Waals surface area contributed by atoms with Gasteiger partial charge in [0, 0.05) is 21.6 Å². The number of nitrogens with one attached hydrogen (secondary N) is 1. The summed E-state index contributed by atoms with van der Waals surface area (Å²) in [6.45, 7) is 2.21. The average Bonchev–Trinajstić information content (AvgIpc) is 2.66. The summed E-state index contributed by atoms with van der Waals surface area (Å²) in [4.78, 5) is 3.34. The van der Waals surface area contributed by atoms with Crippen LogP contribution in [0, 0.1) is 0 Å². The number of rotatable bonds is 4. The molecule has 0 bridgehead atoms. The van der Waals surface area contributed by atoms with E-state index in [2.05, 4.69) is 30.1 Å². The van der Waals surface area contributed by atoms with Crippen molar-refractivity contribution >= 4 is 28.6 Å². The van der Waals surface area contributed by atoms with E-state index in [1.165, 1.54) is 18.2 Å². The minimum absolute atomic E-state index is 0.774. The van der Waals surface area contributed by atoms with E-state index < -0.39 is 0 Å². The Hall–Kier alpha value is -1.21. The zero-order chi connectivity index (χ0) is 11.4. The second-order valence-corrected chi connectivity index (χ2v) is 4.44. The van der Waals surface area contributed by atoms with Gasteiger partial charge in [-0.3, -0.25) is 0 Å². The summed E-state index contributed by atoms with van der Waals surface area (Å²) in [5, 5.41) is 1.98. The van der Waals surface area contributed by atoms with E-state index in [-0.39, 0.29) is 0 Å². The van der Waals surface area contributed by atoms with Gasteiger partial charge in [0.2, 0.25) is 0 Å². The lowest BCUT2D eigenvalue weighted by Crippen LogP contribution is -1.71. The molecule has 0 saturated carbocycles. The van der Waals surface area contributed by atoms with Gasteiger partial charge in [0.05, 0.1) is 0 Å². The van der Waals surface area contributed by atoms with Crippen molar-refractivity contribution in [1.29, 1.82) is 0 Å². The highest BCUT2D eigenvalue weighted by molar-refractivity contribution is 6.31. The van der Waals surface area contributed by atoms with Gasteiger partial charge < -0.3 is 4.98 Å². The SMILES string of the molecule is CCCC/C=C/c1cc2ccc(Cl)cc2[nH]1.